The number of benzene rings is 1. The Kier molecular flexibility index (Phi) is 3.77. The predicted octanol–water partition coefficient (Wildman–Crippen LogP) is 3.50. The average Bonchev–Trinajstić information content (AvgIpc) is 2.81. The summed E-state index contributed by atoms with van der Waals surface area (Å²) < 4.78 is 14.1. The van der Waals surface area contributed by atoms with Crippen LogP contribution in [0.2, 0.25) is 0 Å². The summed E-state index contributed by atoms with van der Waals surface area (Å²) >= 11 is 0. The van der Waals surface area contributed by atoms with Gasteiger partial charge >= 0.3 is 0 Å². The van der Waals surface area contributed by atoms with Gasteiger partial charge in [-0.2, -0.15) is 0 Å². The quantitative estimate of drug-likeness (QED) is 0.778. The summed E-state index contributed by atoms with van der Waals surface area (Å²) in [5.74, 6) is -0.501. The topological polar surface area (TPSA) is 20.3 Å². The van der Waals surface area contributed by atoms with E-state index in [1.165, 1.54) is 6.07 Å². The lowest BCUT2D eigenvalue weighted by Gasteiger charge is -2.34. The highest BCUT2D eigenvalue weighted by atomic mass is 19.1. The van der Waals surface area contributed by atoms with Gasteiger partial charge in [0.1, 0.15) is 5.82 Å². The molecule has 0 N–H and O–H groups in total. The Morgan fingerprint density at radius 1 is 1.21 bits per heavy atom. The third-order valence-electron chi connectivity index (χ3n) is 4.11. The van der Waals surface area contributed by atoms with E-state index in [-0.39, 0.29) is 11.3 Å². The highest BCUT2D eigenvalue weighted by molar-refractivity contribution is 6.04. The van der Waals surface area contributed by atoms with Crippen LogP contribution in [0.25, 0.3) is 0 Å². The number of carbonyl (C=O) groups is 1. The van der Waals surface area contributed by atoms with Crippen molar-refractivity contribution in [3.8, 4) is 0 Å². The first kappa shape index (κ1) is 14.2. The maximum Gasteiger partial charge on any atom is 0.185 e. The van der Waals surface area contributed by atoms with E-state index in [2.05, 4.69) is 4.90 Å². The maximum atomic E-state index is 14.1. The molecule has 104 valence electrons. The Morgan fingerprint density at radius 3 is 2.32 bits per heavy atom. The van der Waals surface area contributed by atoms with E-state index in [0.717, 1.165) is 37.1 Å². The number of rotatable bonds is 3. The Bertz CT molecular complexity index is 478. The van der Waals surface area contributed by atoms with Crippen LogP contribution in [0.5, 0.6) is 0 Å². The van der Waals surface area contributed by atoms with E-state index in [0.29, 0.717) is 0 Å². The average molecular weight is 263 g/mol. The van der Waals surface area contributed by atoms with Crippen LogP contribution in [0, 0.1) is 19.7 Å². The second-order valence-electron chi connectivity index (χ2n) is 6.02. The Labute approximate surface area is 114 Å². The number of ketones is 1. The van der Waals surface area contributed by atoms with Gasteiger partial charge in [0, 0.05) is 0 Å². The van der Waals surface area contributed by atoms with Gasteiger partial charge in [-0.25, -0.2) is 4.39 Å². The Hall–Kier alpha value is -1.22. The fourth-order valence-corrected chi connectivity index (χ4v) is 2.93. The molecule has 0 aliphatic carbocycles. The number of hydrogen-bond acceptors (Lipinski definition) is 2. The van der Waals surface area contributed by atoms with E-state index < -0.39 is 11.4 Å². The molecule has 1 fully saturated rings. The third kappa shape index (κ3) is 2.57. The minimum atomic E-state index is -0.628. The summed E-state index contributed by atoms with van der Waals surface area (Å²) in [7, 11) is 0. The van der Waals surface area contributed by atoms with E-state index in [1.807, 2.05) is 33.8 Å². The molecule has 0 saturated carbocycles. The van der Waals surface area contributed by atoms with Crippen LogP contribution in [-0.4, -0.2) is 29.3 Å². The van der Waals surface area contributed by atoms with Crippen molar-refractivity contribution in [2.24, 2.45) is 0 Å². The van der Waals surface area contributed by atoms with Crippen molar-refractivity contribution >= 4 is 5.78 Å². The molecule has 1 aliphatic heterocycles. The molecule has 2 rings (SSSR count). The summed E-state index contributed by atoms with van der Waals surface area (Å²) in [6, 6.07) is 3.32. The van der Waals surface area contributed by atoms with Crippen LogP contribution < -0.4 is 0 Å². The molecule has 1 aromatic rings. The molecule has 1 aliphatic rings. The second kappa shape index (κ2) is 5.04. The lowest BCUT2D eigenvalue weighted by atomic mass is 9.88. The Morgan fingerprint density at radius 2 is 1.79 bits per heavy atom. The Balaban J connectivity index is 2.38. The molecule has 0 spiro atoms. The van der Waals surface area contributed by atoms with Gasteiger partial charge in [-0.15, -0.1) is 0 Å². The van der Waals surface area contributed by atoms with E-state index in [1.54, 1.807) is 0 Å². The molecule has 2 nitrogen and oxygen atoms in total. The molecule has 0 atom stereocenters. The van der Waals surface area contributed by atoms with Crippen LogP contribution in [0.3, 0.4) is 0 Å². The second-order valence-corrected chi connectivity index (χ2v) is 6.02. The van der Waals surface area contributed by atoms with Crippen LogP contribution in [0.1, 0.15) is 48.2 Å². The van der Waals surface area contributed by atoms with Gasteiger partial charge in [-0.05, 0) is 70.8 Å². The number of aryl methyl sites for hydroxylation is 2. The molecule has 3 heteroatoms. The molecule has 1 saturated heterocycles. The van der Waals surface area contributed by atoms with Crippen molar-refractivity contribution in [2.75, 3.05) is 13.1 Å². The number of hydrogen-bond donors (Lipinski definition) is 0. The third-order valence-corrected chi connectivity index (χ3v) is 4.11. The fourth-order valence-electron chi connectivity index (χ4n) is 2.93. The SMILES string of the molecule is Cc1cc(C)c(C(=O)C(C)(C)N2CCCC2)c(F)c1. The van der Waals surface area contributed by atoms with Crippen LogP contribution in [-0.2, 0) is 0 Å². The van der Waals surface area contributed by atoms with E-state index in [9.17, 15) is 9.18 Å². The monoisotopic (exact) mass is 263 g/mol. The first-order valence-corrected chi connectivity index (χ1v) is 6.90. The van der Waals surface area contributed by atoms with Gasteiger partial charge in [-0.1, -0.05) is 6.07 Å². The molecule has 19 heavy (non-hydrogen) atoms. The number of carbonyl (C=O) groups excluding carboxylic acids is 1. The molecular formula is C16H22FNO. The lowest BCUT2D eigenvalue weighted by molar-refractivity contribution is 0.0697. The summed E-state index contributed by atoms with van der Waals surface area (Å²) in [5, 5.41) is 0. The molecular weight excluding hydrogens is 241 g/mol. The predicted molar refractivity (Wildman–Crippen MR) is 75.1 cm³/mol. The zero-order valence-corrected chi connectivity index (χ0v) is 12.2. The van der Waals surface area contributed by atoms with Crippen molar-refractivity contribution in [2.45, 2.75) is 46.1 Å². The summed E-state index contributed by atoms with van der Waals surface area (Å²) in [6.45, 7) is 9.30. The summed E-state index contributed by atoms with van der Waals surface area (Å²) in [6.07, 6.45) is 2.23. The maximum absolute atomic E-state index is 14.1. The molecule has 0 amide bonds. The van der Waals surface area contributed by atoms with Crippen molar-refractivity contribution in [1.82, 2.24) is 4.90 Å². The minimum absolute atomic E-state index is 0.107. The van der Waals surface area contributed by atoms with Gasteiger partial charge < -0.3 is 0 Å². The van der Waals surface area contributed by atoms with Crippen molar-refractivity contribution in [3.63, 3.8) is 0 Å². The normalized spacial score (nSPS) is 16.9. The standard InChI is InChI=1S/C16H22FNO/c1-11-9-12(2)14(13(17)10-11)15(19)16(3,4)18-7-5-6-8-18/h9-10H,5-8H2,1-4H3. The highest BCUT2D eigenvalue weighted by Gasteiger charge is 2.38. The lowest BCUT2D eigenvalue weighted by Crippen LogP contribution is -2.49. The highest BCUT2D eigenvalue weighted by Crippen LogP contribution is 2.28. The molecule has 0 unspecified atom stereocenters. The van der Waals surface area contributed by atoms with Crippen LogP contribution in [0.15, 0.2) is 12.1 Å². The number of Topliss-reactive ketones (excluding diaryl/α,β-unsaturated/α-hetero) is 1. The smallest absolute Gasteiger partial charge is 0.185 e. The first-order chi connectivity index (χ1) is 8.84. The van der Waals surface area contributed by atoms with Gasteiger partial charge in [-0.3, -0.25) is 9.69 Å². The number of likely N-dealkylation sites (tertiary alicyclic amines) is 1. The molecule has 0 radical (unpaired) electrons. The summed E-state index contributed by atoms with van der Waals surface area (Å²) in [4.78, 5) is 14.9. The van der Waals surface area contributed by atoms with Crippen molar-refractivity contribution in [3.05, 3.63) is 34.6 Å². The number of halogens is 1. The van der Waals surface area contributed by atoms with Gasteiger partial charge in [0.25, 0.3) is 0 Å². The van der Waals surface area contributed by atoms with Crippen LogP contribution in [0.4, 0.5) is 4.39 Å². The van der Waals surface area contributed by atoms with E-state index >= 15 is 0 Å². The molecule has 1 heterocycles. The molecule has 1 aromatic carbocycles. The zero-order valence-electron chi connectivity index (χ0n) is 12.2. The van der Waals surface area contributed by atoms with Crippen molar-refractivity contribution in [1.29, 1.82) is 0 Å². The van der Waals surface area contributed by atoms with E-state index in [4.69, 9.17) is 0 Å². The van der Waals surface area contributed by atoms with Gasteiger partial charge in [0.2, 0.25) is 0 Å². The van der Waals surface area contributed by atoms with Gasteiger partial charge in [0.05, 0.1) is 11.1 Å². The fraction of sp³-hybridized carbons (Fsp3) is 0.562. The number of nitrogens with zero attached hydrogens (tertiary/aromatic N) is 1. The minimum Gasteiger partial charge on any atom is -0.292 e. The van der Waals surface area contributed by atoms with Gasteiger partial charge in [0.15, 0.2) is 5.78 Å². The summed E-state index contributed by atoms with van der Waals surface area (Å²) in [5.41, 5.74) is 1.21. The molecule has 0 bridgehead atoms. The largest absolute Gasteiger partial charge is 0.292 e. The first-order valence-electron chi connectivity index (χ1n) is 6.90. The van der Waals surface area contributed by atoms with Crippen molar-refractivity contribution < 1.29 is 9.18 Å². The molecule has 0 aromatic heterocycles. The van der Waals surface area contributed by atoms with Crippen LogP contribution >= 0.6 is 0 Å². The zero-order chi connectivity index (χ0) is 14.2.